The molecule has 0 unspecified atom stereocenters. The van der Waals surface area contributed by atoms with E-state index in [-0.39, 0.29) is 0 Å². The van der Waals surface area contributed by atoms with E-state index in [4.69, 9.17) is 0 Å². The highest BCUT2D eigenvalue weighted by atomic mass is 15.0. The molecule has 1 heterocycles. The first-order chi connectivity index (χ1) is 6.86. The van der Waals surface area contributed by atoms with Crippen LogP contribution in [0.1, 0.15) is 24.9 Å². The summed E-state index contributed by atoms with van der Waals surface area (Å²) in [5.74, 6) is 0. The van der Waals surface area contributed by atoms with E-state index in [1.54, 1.807) is 0 Å². The Morgan fingerprint density at radius 3 is 2.79 bits per heavy atom. The van der Waals surface area contributed by atoms with Gasteiger partial charge >= 0.3 is 0 Å². The summed E-state index contributed by atoms with van der Waals surface area (Å²) < 4.78 is 0. The summed E-state index contributed by atoms with van der Waals surface area (Å²) in [5.41, 5.74) is 1.37. The highest BCUT2D eigenvalue weighted by Crippen LogP contribution is 2.13. The molecule has 0 aromatic heterocycles. The minimum Gasteiger partial charge on any atom is -0.315 e. The fourth-order valence-corrected chi connectivity index (χ4v) is 1.99. The van der Waals surface area contributed by atoms with E-state index in [1.165, 1.54) is 12.0 Å². The molecule has 2 N–H and O–H groups in total. The topological polar surface area (TPSA) is 24.1 Å². The summed E-state index contributed by atoms with van der Waals surface area (Å²) in [6.07, 6.45) is 1.25. The maximum absolute atomic E-state index is 3.63. The van der Waals surface area contributed by atoms with Crippen molar-refractivity contribution >= 4 is 0 Å². The van der Waals surface area contributed by atoms with Crippen LogP contribution in [0.4, 0.5) is 0 Å². The second kappa shape index (κ2) is 4.58. The van der Waals surface area contributed by atoms with Crippen LogP contribution in [-0.4, -0.2) is 19.1 Å². The smallest absolute Gasteiger partial charge is 0.0294 e. The summed E-state index contributed by atoms with van der Waals surface area (Å²) in [6, 6.07) is 11.7. The van der Waals surface area contributed by atoms with Gasteiger partial charge in [-0.3, -0.25) is 0 Å². The predicted molar refractivity (Wildman–Crippen MR) is 59.3 cm³/mol. The molecule has 0 radical (unpaired) electrons. The molecule has 1 saturated heterocycles. The number of hydrogen-bond acceptors (Lipinski definition) is 2. The zero-order chi connectivity index (χ0) is 9.80. The van der Waals surface area contributed by atoms with Crippen LogP contribution in [0.15, 0.2) is 30.3 Å². The largest absolute Gasteiger partial charge is 0.315 e. The summed E-state index contributed by atoms with van der Waals surface area (Å²) in [6.45, 7) is 4.49. The van der Waals surface area contributed by atoms with Crippen LogP contribution in [0.5, 0.6) is 0 Å². The highest BCUT2D eigenvalue weighted by Gasteiger charge is 2.16. The Morgan fingerprint density at radius 1 is 1.36 bits per heavy atom. The quantitative estimate of drug-likeness (QED) is 0.758. The number of hydrogen-bond donors (Lipinski definition) is 2. The minimum atomic E-state index is 0.459. The summed E-state index contributed by atoms with van der Waals surface area (Å²) >= 11 is 0. The molecule has 1 fully saturated rings. The van der Waals surface area contributed by atoms with Crippen LogP contribution in [-0.2, 0) is 0 Å². The van der Waals surface area contributed by atoms with E-state index in [0.29, 0.717) is 12.1 Å². The standard InChI is InChI=1S/C12H18N2/c1-10(11-5-3-2-4-6-11)14-12-7-8-13-9-12/h2-6,10,12-14H,7-9H2,1H3/t10-,12-/m0/s1. The number of rotatable bonds is 3. The van der Waals surface area contributed by atoms with E-state index in [2.05, 4.69) is 47.9 Å². The van der Waals surface area contributed by atoms with E-state index in [0.717, 1.165) is 13.1 Å². The van der Waals surface area contributed by atoms with Crippen LogP contribution in [0, 0.1) is 0 Å². The van der Waals surface area contributed by atoms with Gasteiger partial charge in [-0.05, 0) is 25.5 Å². The second-order valence-corrected chi connectivity index (χ2v) is 3.99. The van der Waals surface area contributed by atoms with Gasteiger partial charge in [-0.25, -0.2) is 0 Å². The molecule has 1 aliphatic heterocycles. The third-order valence-electron chi connectivity index (χ3n) is 2.85. The monoisotopic (exact) mass is 190 g/mol. The lowest BCUT2D eigenvalue weighted by Gasteiger charge is -2.18. The van der Waals surface area contributed by atoms with Crippen LogP contribution in [0.2, 0.25) is 0 Å². The molecule has 0 aliphatic carbocycles. The molecule has 1 aliphatic rings. The maximum atomic E-state index is 3.63. The van der Waals surface area contributed by atoms with Crippen LogP contribution >= 0.6 is 0 Å². The second-order valence-electron chi connectivity index (χ2n) is 3.99. The predicted octanol–water partition coefficient (Wildman–Crippen LogP) is 1.70. The Morgan fingerprint density at radius 2 is 2.14 bits per heavy atom. The van der Waals surface area contributed by atoms with Gasteiger partial charge in [0.05, 0.1) is 0 Å². The lowest BCUT2D eigenvalue weighted by Crippen LogP contribution is -2.33. The van der Waals surface area contributed by atoms with Gasteiger partial charge in [0, 0.05) is 18.6 Å². The molecule has 1 aromatic rings. The molecule has 0 saturated carbocycles. The van der Waals surface area contributed by atoms with E-state index >= 15 is 0 Å². The molecule has 0 spiro atoms. The highest BCUT2D eigenvalue weighted by molar-refractivity contribution is 5.18. The van der Waals surface area contributed by atoms with Gasteiger partial charge in [-0.2, -0.15) is 0 Å². The molecular weight excluding hydrogens is 172 g/mol. The first-order valence-corrected chi connectivity index (χ1v) is 5.38. The molecule has 2 heteroatoms. The minimum absolute atomic E-state index is 0.459. The maximum Gasteiger partial charge on any atom is 0.0294 e. The van der Waals surface area contributed by atoms with Gasteiger partial charge in [-0.1, -0.05) is 30.3 Å². The Balaban J connectivity index is 1.92. The molecular formula is C12H18N2. The Labute approximate surface area is 85.7 Å². The Bertz CT molecular complexity index is 265. The SMILES string of the molecule is C[C@H](N[C@H]1CCNC1)c1ccccc1. The van der Waals surface area contributed by atoms with Crippen molar-refractivity contribution in [2.75, 3.05) is 13.1 Å². The van der Waals surface area contributed by atoms with E-state index in [1.807, 2.05) is 0 Å². The van der Waals surface area contributed by atoms with E-state index < -0.39 is 0 Å². The Hall–Kier alpha value is -0.860. The molecule has 14 heavy (non-hydrogen) atoms. The third kappa shape index (κ3) is 2.34. The summed E-state index contributed by atoms with van der Waals surface area (Å²) in [5, 5.41) is 7.00. The van der Waals surface area contributed by atoms with Gasteiger partial charge in [0.25, 0.3) is 0 Å². The van der Waals surface area contributed by atoms with Crippen LogP contribution in [0.3, 0.4) is 0 Å². The molecule has 2 rings (SSSR count). The first-order valence-electron chi connectivity index (χ1n) is 5.38. The molecule has 0 bridgehead atoms. The third-order valence-corrected chi connectivity index (χ3v) is 2.85. The van der Waals surface area contributed by atoms with Crippen LogP contribution in [0.25, 0.3) is 0 Å². The average molecular weight is 190 g/mol. The molecule has 2 nitrogen and oxygen atoms in total. The molecule has 0 amide bonds. The van der Waals surface area contributed by atoms with Gasteiger partial charge in [-0.15, -0.1) is 0 Å². The van der Waals surface area contributed by atoms with Gasteiger partial charge < -0.3 is 10.6 Å². The van der Waals surface area contributed by atoms with Crippen molar-refractivity contribution in [2.24, 2.45) is 0 Å². The summed E-state index contributed by atoms with van der Waals surface area (Å²) in [4.78, 5) is 0. The van der Waals surface area contributed by atoms with E-state index in [9.17, 15) is 0 Å². The average Bonchev–Trinajstić information content (AvgIpc) is 2.72. The number of nitrogens with one attached hydrogen (secondary N) is 2. The lowest BCUT2D eigenvalue weighted by molar-refractivity contribution is 0.478. The zero-order valence-corrected chi connectivity index (χ0v) is 8.66. The lowest BCUT2D eigenvalue weighted by atomic mass is 10.1. The zero-order valence-electron chi connectivity index (χ0n) is 8.66. The van der Waals surface area contributed by atoms with Gasteiger partial charge in [0.2, 0.25) is 0 Å². The molecule has 2 atom stereocenters. The van der Waals surface area contributed by atoms with Crippen LogP contribution < -0.4 is 10.6 Å². The Kier molecular flexibility index (Phi) is 3.17. The van der Waals surface area contributed by atoms with Gasteiger partial charge in [0.1, 0.15) is 0 Å². The van der Waals surface area contributed by atoms with Crippen molar-refractivity contribution < 1.29 is 0 Å². The normalized spacial score (nSPS) is 23.6. The fourth-order valence-electron chi connectivity index (χ4n) is 1.99. The van der Waals surface area contributed by atoms with Crippen molar-refractivity contribution in [1.29, 1.82) is 0 Å². The number of benzene rings is 1. The fraction of sp³-hybridized carbons (Fsp3) is 0.500. The van der Waals surface area contributed by atoms with Gasteiger partial charge in [0.15, 0.2) is 0 Å². The first kappa shape index (κ1) is 9.69. The molecule has 76 valence electrons. The van der Waals surface area contributed by atoms with Crippen molar-refractivity contribution in [3.8, 4) is 0 Å². The van der Waals surface area contributed by atoms with Crippen molar-refractivity contribution in [3.05, 3.63) is 35.9 Å². The molecule has 1 aromatic carbocycles. The summed E-state index contributed by atoms with van der Waals surface area (Å²) in [7, 11) is 0. The van der Waals surface area contributed by atoms with Crippen molar-refractivity contribution in [3.63, 3.8) is 0 Å². The van der Waals surface area contributed by atoms with Crippen molar-refractivity contribution in [2.45, 2.75) is 25.4 Å². The van der Waals surface area contributed by atoms with Crippen molar-refractivity contribution in [1.82, 2.24) is 10.6 Å².